The van der Waals surface area contributed by atoms with Gasteiger partial charge in [-0.05, 0) is 43.3 Å². The maximum atomic E-state index is 10.3. The van der Waals surface area contributed by atoms with Gasteiger partial charge in [0, 0.05) is 11.4 Å². The lowest BCUT2D eigenvalue weighted by atomic mass is 10.2. The number of carboxylic acids is 1. The molecule has 0 aliphatic carbocycles. The lowest BCUT2D eigenvalue weighted by Gasteiger charge is -2.04. The van der Waals surface area contributed by atoms with Crippen molar-refractivity contribution in [3.8, 4) is 0 Å². The molecule has 23 heavy (non-hydrogen) atoms. The molecule has 0 aliphatic rings. The van der Waals surface area contributed by atoms with E-state index in [2.05, 4.69) is 5.32 Å². The van der Waals surface area contributed by atoms with E-state index in [-0.39, 0.29) is 0 Å². The molecule has 0 atom stereocenters. The van der Waals surface area contributed by atoms with E-state index in [0.717, 1.165) is 16.9 Å². The maximum absolute atomic E-state index is 10.3. The van der Waals surface area contributed by atoms with Crippen LogP contribution in [-0.4, -0.2) is 11.1 Å². The first kappa shape index (κ1) is 16.3. The summed E-state index contributed by atoms with van der Waals surface area (Å²) in [6, 6.07) is 27.0. The summed E-state index contributed by atoms with van der Waals surface area (Å²) in [5.74, 6) is -0.875. The number of hydrogen-bond acceptors (Lipinski definition) is 2. The molecule has 116 valence electrons. The van der Waals surface area contributed by atoms with Gasteiger partial charge < -0.3 is 10.4 Å². The normalized spacial score (nSPS) is 9.43. The molecule has 3 nitrogen and oxygen atoms in total. The molecule has 0 saturated heterocycles. The highest BCUT2D eigenvalue weighted by Gasteiger charge is 1.98. The highest BCUT2D eigenvalue weighted by atomic mass is 16.4. The Labute approximate surface area is 136 Å². The van der Waals surface area contributed by atoms with Crippen molar-refractivity contribution in [2.75, 3.05) is 5.32 Å². The van der Waals surface area contributed by atoms with Crippen LogP contribution in [-0.2, 0) is 0 Å². The van der Waals surface area contributed by atoms with Crippen molar-refractivity contribution in [3.05, 3.63) is 96.1 Å². The van der Waals surface area contributed by atoms with Gasteiger partial charge in [-0.1, -0.05) is 54.1 Å². The van der Waals surface area contributed by atoms with Crippen molar-refractivity contribution in [2.24, 2.45) is 0 Å². The fourth-order valence-corrected chi connectivity index (χ4v) is 1.91. The second-order valence-corrected chi connectivity index (χ2v) is 5.03. The zero-order chi connectivity index (χ0) is 16.5. The largest absolute Gasteiger partial charge is 0.478 e. The van der Waals surface area contributed by atoms with Gasteiger partial charge in [0.1, 0.15) is 0 Å². The van der Waals surface area contributed by atoms with Crippen molar-refractivity contribution >= 4 is 17.3 Å². The molecule has 3 heteroatoms. The molecule has 0 aromatic heterocycles. The Balaban J connectivity index is 0.000000174. The number of anilines is 2. The van der Waals surface area contributed by atoms with Gasteiger partial charge in [-0.15, -0.1) is 0 Å². The molecular formula is C20H19NO2. The summed E-state index contributed by atoms with van der Waals surface area (Å²) >= 11 is 0. The molecule has 0 unspecified atom stereocenters. The Bertz CT molecular complexity index is 685. The molecule has 3 rings (SSSR count). The summed E-state index contributed by atoms with van der Waals surface area (Å²) in [5, 5.41) is 11.8. The minimum atomic E-state index is -0.875. The predicted molar refractivity (Wildman–Crippen MR) is 94.3 cm³/mol. The van der Waals surface area contributed by atoms with Crippen LogP contribution < -0.4 is 5.32 Å². The van der Waals surface area contributed by atoms with Gasteiger partial charge in [-0.3, -0.25) is 0 Å². The number of carbonyl (C=O) groups is 1. The molecular weight excluding hydrogens is 286 g/mol. The third kappa shape index (κ3) is 5.67. The smallest absolute Gasteiger partial charge is 0.335 e. The van der Waals surface area contributed by atoms with E-state index in [1.54, 1.807) is 24.3 Å². The molecule has 0 aliphatic heterocycles. The molecule has 0 radical (unpaired) electrons. The van der Waals surface area contributed by atoms with E-state index in [1.165, 1.54) is 0 Å². The third-order valence-corrected chi connectivity index (χ3v) is 3.13. The lowest BCUT2D eigenvalue weighted by molar-refractivity contribution is 0.0697. The zero-order valence-electron chi connectivity index (χ0n) is 12.9. The van der Waals surface area contributed by atoms with Crippen LogP contribution in [0.1, 0.15) is 15.9 Å². The predicted octanol–water partition coefficient (Wildman–Crippen LogP) is 5.12. The average Bonchev–Trinajstić information content (AvgIpc) is 2.58. The standard InChI is InChI=1S/C12H11N.C8H8O2/c1-3-7-11(8-4-1)13-12-9-5-2-6-10-12;1-6-2-4-7(5-3-6)8(9)10/h1-10,13H;2-5H,1H3,(H,9,10). The summed E-state index contributed by atoms with van der Waals surface area (Å²) in [6.45, 7) is 1.92. The van der Waals surface area contributed by atoms with Gasteiger partial charge in [-0.2, -0.15) is 0 Å². The van der Waals surface area contributed by atoms with Crippen LogP contribution in [0.3, 0.4) is 0 Å². The van der Waals surface area contributed by atoms with Crippen LogP contribution in [0.2, 0.25) is 0 Å². The molecule has 0 fully saturated rings. The van der Waals surface area contributed by atoms with E-state index in [4.69, 9.17) is 5.11 Å². The number of aromatic carboxylic acids is 1. The molecule has 3 aromatic rings. The number of aryl methyl sites for hydroxylation is 1. The van der Waals surface area contributed by atoms with Gasteiger partial charge in [0.05, 0.1) is 5.56 Å². The highest BCUT2D eigenvalue weighted by molar-refractivity contribution is 5.87. The monoisotopic (exact) mass is 305 g/mol. The lowest BCUT2D eigenvalue weighted by Crippen LogP contribution is -1.94. The van der Waals surface area contributed by atoms with Gasteiger partial charge in [0.2, 0.25) is 0 Å². The first-order valence-electron chi connectivity index (χ1n) is 7.32. The number of para-hydroxylation sites is 2. The van der Waals surface area contributed by atoms with Crippen LogP contribution in [0.25, 0.3) is 0 Å². The number of rotatable bonds is 3. The number of benzene rings is 3. The summed E-state index contributed by atoms with van der Waals surface area (Å²) in [4.78, 5) is 10.3. The second kappa shape index (κ2) is 8.39. The molecule has 0 bridgehead atoms. The Morgan fingerprint density at radius 1 is 0.739 bits per heavy atom. The first-order chi connectivity index (χ1) is 11.1. The quantitative estimate of drug-likeness (QED) is 0.705. The summed E-state index contributed by atoms with van der Waals surface area (Å²) in [5.41, 5.74) is 3.65. The van der Waals surface area contributed by atoms with E-state index < -0.39 is 5.97 Å². The zero-order valence-corrected chi connectivity index (χ0v) is 12.9. The van der Waals surface area contributed by atoms with Crippen LogP contribution in [0.15, 0.2) is 84.9 Å². The summed E-state index contributed by atoms with van der Waals surface area (Å²) < 4.78 is 0. The van der Waals surface area contributed by atoms with Gasteiger partial charge >= 0.3 is 5.97 Å². The molecule has 0 amide bonds. The minimum Gasteiger partial charge on any atom is -0.478 e. The fraction of sp³-hybridized carbons (Fsp3) is 0.0500. The van der Waals surface area contributed by atoms with Crippen molar-refractivity contribution < 1.29 is 9.90 Å². The van der Waals surface area contributed by atoms with Gasteiger partial charge in [-0.25, -0.2) is 4.79 Å². The summed E-state index contributed by atoms with van der Waals surface area (Å²) in [6.07, 6.45) is 0. The molecule has 0 heterocycles. The Hall–Kier alpha value is -3.07. The van der Waals surface area contributed by atoms with Crippen molar-refractivity contribution in [1.82, 2.24) is 0 Å². The van der Waals surface area contributed by atoms with Crippen LogP contribution in [0, 0.1) is 6.92 Å². The minimum absolute atomic E-state index is 0.339. The summed E-state index contributed by atoms with van der Waals surface area (Å²) in [7, 11) is 0. The molecule has 0 spiro atoms. The Kier molecular flexibility index (Phi) is 5.95. The van der Waals surface area contributed by atoms with E-state index in [0.29, 0.717) is 5.56 Å². The number of hydrogen-bond donors (Lipinski definition) is 2. The Morgan fingerprint density at radius 2 is 1.17 bits per heavy atom. The Morgan fingerprint density at radius 3 is 1.57 bits per heavy atom. The molecule has 3 aromatic carbocycles. The van der Waals surface area contributed by atoms with E-state index in [1.807, 2.05) is 67.6 Å². The third-order valence-electron chi connectivity index (χ3n) is 3.13. The molecule has 2 N–H and O–H groups in total. The number of nitrogens with one attached hydrogen (secondary N) is 1. The molecule has 0 saturated carbocycles. The van der Waals surface area contributed by atoms with Gasteiger partial charge in [0.15, 0.2) is 0 Å². The first-order valence-corrected chi connectivity index (χ1v) is 7.32. The van der Waals surface area contributed by atoms with E-state index in [9.17, 15) is 4.79 Å². The fourth-order valence-electron chi connectivity index (χ4n) is 1.91. The van der Waals surface area contributed by atoms with Crippen molar-refractivity contribution in [3.63, 3.8) is 0 Å². The van der Waals surface area contributed by atoms with Crippen LogP contribution >= 0.6 is 0 Å². The van der Waals surface area contributed by atoms with Crippen LogP contribution in [0.5, 0.6) is 0 Å². The topological polar surface area (TPSA) is 49.3 Å². The van der Waals surface area contributed by atoms with Gasteiger partial charge in [0.25, 0.3) is 0 Å². The van der Waals surface area contributed by atoms with Crippen molar-refractivity contribution in [2.45, 2.75) is 6.92 Å². The second-order valence-electron chi connectivity index (χ2n) is 5.03. The van der Waals surface area contributed by atoms with Crippen molar-refractivity contribution in [1.29, 1.82) is 0 Å². The van der Waals surface area contributed by atoms with E-state index >= 15 is 0 Å². The number of carboxylic acid groups (broad SMARTS) is 1. The SMILES string of the molecule is Cc1ccc(C(=O)O)cc1.c1ccc(Nc2ccccc2)cc1. The highest BCUT2D eigenvalue weighted by Crippen LogP contribution is 2.14. The van der Waals surface area contributed by atoms with Crippen LogP contribution in [0.4, 0.5) is 11.4 Å². The average molecular weight is 305 g/mol. The maximum Gasteiger partial charge on any atom is 0.335 e.